The third kappa shape index (κ3) is 3.42. The smallest absolute Gasteiger partial charge is 0.163 e. The lowest BCUT2D eigenvalue weighted by atomic mass is 10.2. The van der Waals surface area contributed by atoms with Crippen LogP contribution in [0.2, 0.25) is 0 Å². The molecule has 1 heterocycles. The number of rotatable bonds is 3. The van der Waals surface area contributed by atoms with Crippen LogP contribution in [-0.2, 0) is 9.47 Å². The molecule has 0 aromatic rings. The van der Waals surface area contributed by atoms with Crippen LogP contribution in [0.25, 0.3) is 0 Å². The van der Waals surface area contributed by atoms with Gasteiger partial charge in [-0.15, -0.1) is 0 Å². The van der Waals surface area contributed by atoms with E-state index in [0.717, 1.165) is 0 Å². The van der Waals surface area contributed by atoms with Crippen molar-refractivity contribution < 1.29 is 14.6 Å². The summed E-state index contributed by atoms with van der Waals surface area (Å²) in [5.74, 6) is -0.595. The highest BCUT2D eigenvalue weighted by Gasteiger charge is 2.35. The predicted octanol–water partition coefficient (Wildman–Crippen LogP) is 1.81. The second-order valence-corrected chi connectivity index (χ2v) is 3.81. The maximum absolute atomic E-state index is 9.64. The van der Waals surface area contributed by atoms with Crippen LogP contribution in [0.15, 0.2) is 23.8 Å². The highest BCUT2D eigenvalue weighted by atomic mass is 35.5. The van der Waals surface area contributed by atoms with Crippen LogP contribution >= 0.6 is 11.6 Å². The fraction of sp³-hybridized carbons (Fsp3) is 0.600. The van der Waals surface area contributed by atoms with Crippen molar-refractivity contribution in [2.75, 3.05) is 6.61 Å². The number of allylic oxidation sites excluding steroid dienone is 2. The number of hydrogen-bond acceptors (Lipinski definition) is 3. The molecule has 1 saturated heterocycles. The van der Waals surface area contributed by atoms with Gasteiger partial charge in [-0.1, -0.05) is 29.8 Å². The summed E-state index contributed by atoms with van der Waals surface area (Å²) in [6.07, 6.45) is 3.96. The minimum absolute atomic E-state index is 0.301. The fourth-order valence-corrected chi connectivity index (χ4v) is 1.31. The maximum Gasteiger partial charge on any atom is 0.163 e. The van der Waals surface area contributed by atoms with Crippen molar-refractivity contribution >= 4 is 11.6 Å². The molecule has 0 aromatic carbocycles. The average Bonchev–Trinajstić information content (AvgIpc) is 2.46. The van der Waals surface area contributed by atoms with Crippen molar-refractivity contribution in [1.82, 2.24) is 0 Å². The van der Waals surface area contributed by atoms with Crippen LogP contribution in [0.1, 0.15) is 13.8 Å². The summed E-state index contributed by atoms with van der Waals surface area (Å²) < 4.78 is 10.8. The molecule has 0 aliphatic carbocycles. The zero-order chi connectivity index (χ0) is 10.6. The molecule has 0 radical (unpaired) electrons. The molecule has 0 spiro atoms. The first-order valence-corrected chi connectivity index (χ1v) is 4.92. The van der Waals surface area contributed by atoms with Crippen molar-refractivity contribution in [1.29, 1.82) is 0 Å². The van der Waals surface area contributed by atoms with E-state index < -0.39 is 11.9 Å². The summed E-state index contributed by atoms with van der Waals surface area (Å²) in [5, 5.41) is 9.64. The minimum Gasteiger partial charge on any atom is -0.386 e. The number of aliphatic hydroxyl groups excluding tert-OH is 1. The Balaban J connectivity index is 2.43. The summed E-state index contributed by atoms with van der Waals surface area (Å²) >= 11 is 5.32. The van der Waals surface area contributed by atoms with Gasteiger partial charge in [0.1, 0.15) is 12.2 Å². The van der Waals surface area contributed by atoms with Gasteiger partial charge in [0.25, 0.3) is 0 Å². The van der Waals surface area contributed by atoms with Crippen LogP contribution in [0, 0.1) is 0 Å². The van der Waals surface area contributed by atoms with Gasteiger partial charge in [0.05, 0.1) is 6.61 Å². The van der Waals surface area contributed by atoms with Gasteiger partial charge in [0.2, 0.25) is 0 Å². The Kier molecular flexibility index (Phi) is 4.13. The second-order valence-electron chi connectivity index (χ2n) is 3.56. The van der Waals surface area contributed by atoms with Crippen molar-refractivity contribution in [3.05, 3.63) is 23.8 Å². The van der Waals surface area contributed by atoms with E-state index in [1.807, 2.05) is 13.8 Å². The summed E-state index contributed by atoms with van der Waals surface area (Å²) in [6, 6.07) is 0. The van der Waals surface area contributed by atoms with E-state index in [1.54, 1.807) is 18.2 Å². The summed E-state index contributed by atoms with van der Waals surface area (Å²) in [7, 11) is 0. The number of hydrogen-bond donors (Lipinski definition) is 1. The predicted molar refractivity (Wildman–Crippen MR) is 55.0 cm³/mol. The lowest BCUT2D eigenvalue weighted by molar-refractivity contribution is -0.147. The second kappa shape index (κ2) is 4.94. The Morgan fingerprint density at radius 1 is 1.50 bits per heavy atom. The standard InChI is InChI=1S/C10H15ClO3/c1-10(2)13-7-9(14-10)8(12)5-3-4-6-11/h3-6,8-9,12H,7H2,1-2H3/b5-3+,6-4+/t8-,9-/m1/s1. The fourth-order valence-electron chi connectivity index (χ4n) is 1.23. The van der Waals surface area contributed by atoms with E-state index in [9.17, 15) is 5.11 Å². The van der Waals surface area contributed by atoms with Gasteiger partial charge >= 0.3 is 0 Å². The van der Waals surface area contributed by atoms with E-state index in [4.69, 9.17) is 21.1 Å². The summed E-state index contributed by atoms with van der Waals surface area (Å²) in [6.45, 7) is 4.05. The monoisotopic (exact) mass is 218 g/mol. The van der Waals surface area contributed by atoms with Crippen molar-refractivity contribution in [3.63, 3.8) is 0 Å². The third-order valence-electron chi connectivity index (χ3n) is 1.90. The van der Waals surface area contributed by atoms with Crippen molar-refractivity contribution in [2.45, 2.75) is 31.8 Å². The Morgan fingerprint density at radius 2 is 2.21 bits per heavy atom. The molecule has 1 rings (SSSR count). The minimum atomic E-state index is -0.662. The molecule has 0 aromatic heterocycles. The number of halogens is 1. The van der Waals surface area contributed by atoms with Gasteiger partial charge in [-0.3, -0.25) is 0 Å². The highest BCUT2D eigenvalue weighted by molar-refractivity contribution is 6.25. The van der Waals surface area contributed by atoms with Gasteiger partial charge < -0.3 is 14.6 Å². The first kappa shape index (κ1) is 11.7. The maximum atomic E-state index is 9.64. The molecule has 1 N–H and O–H groups in total. The Morgan fingerprint density at radius 3 is 2.71 bits per heavy atom. The van der Waals surface area contributed by atoms with Gasteiger partial charge in [-0.25, -0.2) is 0 Å². The third-order valence-corrected chi connectivity index (χ3v) is 2.05. The zero-order valence-electron chi connectivity index (χ0n) is 8.31. The Hall–Kier alpha value is -0.350. The Bertz CT molecular complexity index is 236. The first-order chi connectivity index (χ1) is 6.55. The van der Waals surface area contributed by atoms with E-state index in [2.05, 4.69) is 0 Å². The molecule has 1 fully saturated rings. The highest BCUT2D eigenvalue weighted by Crippen LogP contribution is 2.24. The average molecular weight is 219 g/mol. The molecule has 0 bridgehead atoms. The van der Waals surface area contributed by atoms with Crippen LogP contribution < -0.4 is 0 Å². The van der Waals surface area contributed by atoms with Gasteiger partial charge in [-0.05, 0) is 13.8 Å². The topological polar surface area (TPSA) is 38.7 Å². The quantitative estimate of drug-likeness (QED) is 0.735. The lowest BCUT2D eigenvalue weighted by Gasteiger charge is -2.18. The lowest BCUT2D eigenvalue weighted by Crippen LogP contribution is -2.29. The summed E-state index contributed by atoms with van der Waals surface area (Å²) in [5.41, 5.74) is 1.37. The van der Waals surface area contributed by atoms with Crippen LogP contribution in [-0.4, -0.2) is 29.7 Å². The Labute approximate surface area is 89.0 Å². The largest absolute Gasteiger partial charge is 0.386 e. The van der Waals surface area contributed by atoms with Crippen LogP contribution in [0.5, 0.6) is 0 Å². The van der Waals surface area contributed by atoms with Crippen molar-refractivity contribution in [3.8, 4) is 0 Å². The van der Waals surface area contributed by atoms with Gasteiger partial charge in [0.15, 0.2) is 5.79 Å². The molecule has 3 nitrogen and oxygen atoms in total. The molecular weight excluding hydrogens is 204 g/mol. The van der Waals surface area contributed by atoms with E-state index in [0.29, 0.717) is 6.61 Å². The van der Waals surface area contributed by atoms with Gasteiger partial charge in [0, 0.05) is 5.54 Å². The van der Waals surface area contributed by atoms with E-state index >= 15 is 0 Å². The molecule has 14 heavy (non-hydrogen) atoms. The SMILES string of the molecule is CC1(C)OC[C@H]([C@H](O)/C=C/C=C/Cl)O1. The molecule has 1 aliphatic rings. The molecule has 2 atom stereocenters. The number of ether oxygens (including phenoxy) is 2. The molecule has 1 aliphatic heterocycles. The molecule has 0 saturated carbocycles. The van der Waals surface area contributed by atoms with Crippen LogP contribution in [0.3, 0.4) is 0 Å². The van der Waals surface area contributed by atoms with Gasteiger partial charge in [-0.2, -0.15) is 0 Å². The summed E-state index contributed by atoms with van der Waals surface area (Å²) in [4.78, 5) is 0. The molecular formula is C10H15ClO3. The van der Waals surface area contributed by atoms with Crippen molar-refractivity contribution in [2.24, 2.45) is 0 Å². The molecule has 80 valence electrons. The van der Waals surface area contributed by atoms with E-state index in [-0.39, 0.29) is 6.10 Å². The normalized spacial score (nSPS) is 29.0. The number of aliphatic hydroxyl groups is 1. The first-order valence-electron chi connectivity index (χ1n) is 4.48. The van der Waals surface area contributed by atoms with Crippen LogP contribution in [0.4, 0.5) is 0 Å². The zero-order valence-corrected chi connectivity index (χ0v) is 9.07. The molecule has 0 unspecified atom stereocenters. The van der Waals surface area contributed by atoms with E-state index in [1.165, 1.54) is 5.54 Å². The molecule has 4 heteroatoms. The molecule has 0 amide bonds.